The molecule has 5 rings (SSSR count). The Labute approximate surface area is 179 Å². The zero-order valence-corrected chi connectivity index (χ0v) is 18.1. The number of hydrogen-bond donors (Lipinski definition) is 0. The molecule has 0 spiro atoms. The molecule has 2 aromatic rings. The Morgan fingerprint density at radius 3 is 2.57 bits per heavy atom. The van der Waals surface area contributed by atoms with E-state index < -0.39 is 0 Å². The lowest BCUT2D eigenvalue weighted by molar-refractivity contribution is 0.239. The molecule has 0 aromatic heterocycles. The van der Waals surface area contributed by atoms with Crippen LogP contribution in [0.4, 0.5) is 5.69 Å². The normalized spacial score (nSPS) is 20.2. The van der Waals surface area contributed by atoms with Crippen LogP contribution in [-0.4, -0.2) is 25.1 Å². The van der Waals surface area contributed by atoms with Gasteiger partial charge in [0.2, 0.25) is 0 Å². The number of anilines is 1. The predicted octanol–water partition coefficient (Wildman–Crippen LogP) is 6.50. The number of ether oxygens (including phenoxy) is 2. The molecule has 0 N–H and O–H groups in total. The van der Waals surface area contributed by atoms with Gasteiger partial charge in [-0.2, -0.15) is 0 Å². The SMILES string of the molecule is CCCCN(CCCC)c1ccc2c(c1)Oc1cccc3c1C2=CC1OC(C)=NC31. The fourth-order valence-corrected chi connectivity index (χ4v) is 4.77. The molecule has 3 aliphatic rings. The maximum absolute atomic E-state index is 6.44. The first-order valence-electron chi connectivity index (χ1n) is 11.3. The van der Waals surface area contributed by atoms with Crippen LogP contribution in [0.1, 0.15) is 69.2 Å². The molecule has 4 nitrogen and oxygen atoms in total. The lowest BCUT2D eigenvalue weighted by Crippen LogP contribution is -2.26. The highest BCUT2D eigenvalue weighted by Crippen LogP contribution is 2.52. The van der Waals surface area contributed by atoms with Crippen LogP contribution < -0.4 is 9.64 Å². The van der Waals surface area contributed by atoms with Gasteiger partial charge in [-0.05, 0) is 48.3 Å². The zero-order valence-electron chi connectivity index (χ0n) is 18.1. The van der Waals surface area contributed by atoms with E-state index in [-0.39, 0.29) is 12.1 Å². The third-order valence-electron chi connectivity index (χ3n) is 6.32. The first-order valence-corrected chi connectivity index (χ1v) is 11.3. The molecule has 0 amide bonds. The minimum Gasteiger partial charge on any atom is -0.471 e. The molecule has 0 saturated carbocycles. The molecule has 0 radical (unpaired) electrons. The third-order valence-corrected chi connectivity index (χ3v) is 6.32. The molecule has 2 aromatic carbocycles. The topological polar surface area (TPSA) is 34.1 Å². The van der Waals surface area contributed by atoms with Crippen molar-refractivity contribution in [3.63, 3.8) is 0 Å². The van der Waals surface area contributed by atoms with Crippen molar-refractivity contribution in [1.82, 2.24) is 0 Å². The number of benzene rings is 2. The van der Waals surface area contributed by atoms with Crippen LogP contribution in [-0.2, 0) is 4.74 Å². The van der Waals surface area contributed by atoms with E-state index in [1.165, 1.54) is 48.1 Å². The summed E-state index contributed by atoms with van der Waals surface area (Å²) in [4.78, 5) is 7.23. The summed E-state index contributed by atoms with van der Waals surface area (Å²) in [6.45, 7) is 8.62. The number of unbranched alkanes of at least 4 members (excludes halogenated alkanes) is 2. The molecule has 0 bridgehead atoms. The van der Waals surface area contributed by atoms with Gasteiger partial charge in [-0.15, -0.1) is 0 Å². The molecule has 0 fully saturated rings. The second-order valence-corrected chi connectivity index (χ2v) is 8.45. The van der Waals surface area contributed by atoms with Crippen LogP contribution in [0.3, 0.4) is 0 Å². The highest BCUT2D eigenvalue weighted by atomic mass is 16.5. The van der Waals surface area contributed by atoms with Crippen molar-refractivity contribution in [2.24, 2.45) is 4.99 Å². The Bertz CT molecular complexity index is 1020. The maximum atomic E-state index is 6.44. The fraction of sp³-hybridized carbons (Fsp3) is 0.423. The van der Waals surface area contributed by atoms with Crippen molar-refractivity contribution in [2.45, 2.75) is 58.6 Å². The highest BCUT2D eigenvalue weighted by Gasteiger charge is 2.39. The number of nitrogens with zero attached hydrogens (tertiary/aromatic N) is 2. The number of aliphatic imine (C=N–C) groups is 1. The summed E-state index contributed by atoms with van der Waals surface area (Å²) >= 11 is 0. The lowest BCUT2D eigenvalue weighted by Gasteiger charge is -2.32. The second-order valence-electron chi connectivity index (χ2n) is 8.45. The molecule has 1 aliphatic carbocycles. The van der Waals surface area contributed by atoms with Crippen LogP contribution in [0.2, 0.25) is 0 Å². The largest absolute Gasteiger partial charge is 0.471 e. The van der Waals surface area contributed by atoms with Crippen LogP contribution in [0, 0.1) is 0 Å². The summed E-state index contributed by atoms with van der Waals surface area (Å²) in [5.41, 5.74) is 5.99. The average molecular weight is 403 g/mol. The molecule has 2 unspecified atom stereocenters. The van der Waals surface area contributed by atoms with Gasteiger partial charge in [0.1, 0.15) is 23.6 Å². The van der Waals surface area contributed by atoms with Crippen molar-refractivity contribution in [3.05, 3.63) is 59.2 Å². The third kappa shape index (κ3) is 3.19. The quantitative estimate of drug-likeness (QED) is 0.452. The average Bonchev–Trinajstić information content (AvgIpc) is 3.14. The number of hydrogen-bond acceptors (Lipinski definition) is 4. The van der Waals surface area contributed by atoms with Crippen molar-refractivity contribution in [3.8, 4) is 11.5 Å². The van der Waals surface area contributed by atoms with E-state index in [0.29, 0.717) is 0 Å². The van der Waals surface area contributed by atoms with Crippen LogP contribution in [0.5, 0.6) is 11.5 Å². The maximum Gasteiger partial charge on any atom is 0.181 e. The van der Waals surface area contributed by atoms with E-state index in [1.54, 1.807) is 0 Å². The summed E-state index contributed by atoms with van der Waals surface area (Å²) < 4.78 is 12.5. The van der Waals surface area contributed by atoms with Gasteiger partial charge in [-0.3, -0.25) is 0 Å². The van der Waals surface area contributed by atoms with E-state index >= 15 is 0 Å². The van der Waals surface area contributed by atoms with Gasteiger partial charge in [0.25, 0.3) is 0 Å². The van der Waals surface area contributed by atoms with Gasteiger partial charge in [0.05, 0.1) is 0 Å². The fourth-order valence-electron chi connectivity index (χ4n) is 4.77. The predicted molar refractivity (Wildman–Crippen MR) is 123 cm³/mol. The van der Waals surface area contributed by atoms with E-state index in [0.717, 1.165) is 36.0 Å². The highest BCUT2D eigenvalue weighted by molar-refractivity contribution is 5.92. The van der Waals surface area contributed by atoms with Crippen molar-refractivity contribution >= 4 is 17.2 Å². The molecular formula is C26H30N2O2. The molecule has 0 saturated heterocycles. The molecule has 2 aliphatic heterocycles. The van der Waals surface area contributed by atoms with Gasteiger partial charge >= 0.3 is 0 Å². The zero-order chi connectivity index (χ0) is 20.7. The molecule has 2 atom stereocenters. The summed E-state index contributed by atoms with van der Waals surface area (Å²) in [7, 11) is 0. The first kappa shape index (κ1) is 19.2. The Morgan fingerprint density at radius 2 is 1.80 bits per heavy atom. The first-order chi connectivity index (χ1) is 14.7. The standard InChI is InChI=1S/C26H30N2O2/c1-4-6-13-28(14-7-5-2)18-11-12-19-21-16-24-26(27-17(3)29-24)20-9-8-10-22(25(20)21)30-23(19)15-18/h8-12,15-16,24,26H,4-7,13-14H2,1-3H3. The lowest BCUT2D eigenvalue weighted by atomic mass is 9.81. The van der Waals surface area contributed by atoms with Gasteiger partial charge < -0.3 is 14.4 Å². The Morgan fingerprint density at radius 1 is 1.00 bits per heavy atom. The summed E-state index contributed by atoms with van der Waals surface area (Å²) in [6.07, 6.45) is 7.04. The Hall–Kier alpha value is -2.75. The van der Waals surface area contributed by atoms with Gasteiger partial charge in [-0.25, -0.2) is 4.99 Å². The minimum atomic E-state index is -0.0287. The van der Waals surface area contributed by atoms with Gasteiger partial charge in [0, 0.05) is 42.9 Å². The molecule has 156 valence electrons. The summed E-state index contributed by atoms with van der Waals surface area (Å²) in [5, 5.41) is 0. The van der Waals surface area contributed by atoms with Crippen molar-refractivity contribution < 1.29 is 9.47 Å². The molecular weight excluding hydrogens is 372 g/mol. The molecule has 4 heteroatoms. The van der Waals surface area contributed by atoms with E-state index in [2.05, 4.69) is 61.2 Å². The molecule has 2 heterocycles. The van der Waals surface area contributed by atoms with E-state index in [4.69, 9.17) is 14.5 Å². The summed E-state index contributed by atoms with van der Waals surface area (Å²) in [5.74, 6) is 2.63. The van der Waals surface area contributed by atoms with Crippen molar-refractivity contribution in [1.29, 1.82) is 0 Å². The minimum absolute atomic E-state index is 0.0287. The Balaban J connectivity index is 1.54. The number of fused-ring (bicyclic) bond motifs is 4. The van der Waals surface area contributed by atoms with E-state index in [9.17, 15) is 0 Å². The summed E-state index contributed by atoms with van der Waals surface area (Å²) in [6, 6.07) is 13.0. The van der Waals surface area contributed by atoms with Crippen LogP contribution in [0.25, 0.3) is 5.57 Å². The van der Waals surface area contributed by atoms with Gasteiger partial charge in [-0.1, -0.05) is 38.8 Å². The van der Waals surface area contributed by atoms with Crippen molar-refractivity contribution in [2.75, 3.05) is 18.0 Å². The van der Waals surface area contributed by atoms with E-state index in [1.807, 2.05) is 6.92 Å². The Kier molecular flexibility index (Phi) is 5.01. The van der Waals surface area contributed by atoms with Gasteiger partial charge in [0.15, 0.2) is 5.90 Å². The second kappa shape index (κ2) is 7.82. The molecule has 30 heavy (non-hydrogen) atoms. The number of rotatable bonds is 7. The smallest absolute Gasteiger partial charge is 0.181 e. The monoisotopic (exact) mass is 402 g/mol. The van der Waals surface area contributed by atoms with Crippen LogP contribution in [0.15, 0.2) is 47.5 Å². The van der Waals surface area contributed by atoms with Crippen LogP contribution >= 0.6 is 0 Å².